The van der Waals surface area contributed by atoms with Gasteiger partial charge in [0.1, 0.15) is 11.9 Å². The number of amides is 2. The van der Waals surface area contributed by atoms with E-state index in [4.69, 9.17) is 4.74 Å². The van der Waals surface area contributed by atoms with Crippen LogP contribution in [0.1, 0.15) is 6.92 Å². The summed E-state index contributed by atoms with van der Waals surface area (Å²) in [4.78, 5) is 24.4. The first-order chi connectivity index (χ1) is 11.0. The van der Waals surface area contributed by atoms with Crippen molar-refractivity contribution in [2.24, 2.45) is 0 Å². The third kappa shape index (κ3) is 3.33. The van der Waals surface area contributed by atoms with Crippen molar-refractivity contribution in [3.05, 3.63) is 48.5 Å². The quantitative estimate of drug-likeness (QED) is 0.939. The standard InChI is InChI=1S/C16H16FN3O3/c1-11(21)18-8-15-10-20(16(22)23-15)14-6-7-19(9-14)13-4-2-12(17)3-5-13/h2-7,9,15H,8,10H2,1H3,(H,18,21). The Balaban J connectivity index is 1.71. The molecule has 3 rings (SSSR count). The molecule has 1 fully saturated rings. The molecule has 1 N–H and O–H groups in total. The molecule has 7 heteroatoms. The second-order valence-electron chi connectivity index (χ2n) is 5.31. The number of carbonyl (C=O) groups is 2. The van der Waals surface area contributed by atoms with Gasteiger partial charge < -0.3 is 14.6 Å². The van der Waals surface area contributed by atoms with Gasteiger partial charge >= 0.3 is 6.09 Å². The summed E-state index contributed by atoms with van der Waals surface area (Å²) < 4.78 is 20.0. The third-order valence-electron chi connectivity index (χ3n) is 3.57. The summed E-state index contributed by atoms with van der Waals surface area (Å²) in [6.45, 7) is 2.07. The number of ether oxygens (including phenoxy) is 1. The molecule has 1 unspecified atom stereocenters. The maximum Gasteiger partial charge on any atom is 0.414 e. The molecular formula is C16H16FN3O3. The van der Waals surface area contributed by atoms with Crippen LogP contribution in [0.3, 0.4) is 0 Å². The maximum absolute atomic E-state index is 13.0. The smallest absolute Gasteiger partial charge is 0.414 e. The average Bonchev–Trinajstić information content (AvgIpc) is 3.12. The van der Waals surface area contributed by atoms with Crippen molar-refractivity contribution in [1.82, 2.24) is 9.88 Å². The molecule has 0 aliphatic carbocycles. The molecule has 0 saturated carbocycles. The molecule has 1 aliphatic heterocycles. The van der Waals surface area contributed by atoms with E-state index >= 15 is 0 Å². The number of benzene rings is 1. The summed E-state index contributed by atoms with van der Waals surface area (Å²) in [6.07, 6.45) is 2.74. The second kappa shape index (κ2) is 6.12. The van der Waals surface area contributed by atoms with Crippen LogP contribution in [0.5, 0.6) is 0 Å². The fraction of sp³-hybridized carbons (Fsp3) is 0.250. The Morgan fingerprint density at radius 2 is 2.04 bits per heavy atom. The fourth-order valence-electron chi connectivity index (χ4n) is 2.41. The molecule has 1 atom stereocenters. The van der Waals surface area contributed by atoms with E-state index in [-0.39, 0.29) is 24.4 Å². The van der Waals surface area contributed by atoms with E-state index in [1.165, 1.54) is 24.0 Å². The number of rotatable bonds is 4. The Labute approximate surface area is 132 Å². The molecule has 2 aromatic rings. The lowest BCUT2D eigenvalue weighted by Crippen LogP contribution is -2.33. The lowest BCUT2D eigenvalue weighted by molar-refractivity contribution is -0.119. The first-order valence-corrected chi connectivity index (χ1v) is 7.19. The molecule has 1 aliphatic rings. The molecule has 1 aromatic carbocycles. The highest BCUT2D eigenvalue weighted by Crippen LogP contribution is 2.23. The predicted octanol–water partition coefficient (Wildman–Crippen LogP) is 2.08. The maximum atomic E-state index is 13.0. The van der Waals surface area contributed by atoms with Crippen molar-refractivity contribution < 1.29 is 18.7 Å². The van der Waals surface area contributed by atoms with Crippen molar-refractivity contribution in [2.45, 2.75) is 13.0 Å². The van der Waals surface area contributed by atoms with Crippen molar-refractivity contribution in [3.63, 3.8) is 0 Å². The summed E-state index contributed by atoms with van der Waals surface area (Å²) in [5.74, 6) is -0.466. The van der Waals surface area contributed by atoms with E-state index in [1.807, 2.05) is 0 Å². The number of aromatic nitrogens is 1. The number of nitrogens with zero attached hydrogens (tertiary/aromatic N) is 2. The summed E-state index contributed by atoms with van der Waals surface area (Å²) >= 11 is 0. The molecule has 1 saturated heterocycles. The van der Waals surface area contributed by atoms with Crippen molar-refractivity contribution in [2.75, 3.05) is 18.0 Å². The molecule has 120 valence electrons. The average molecular weight is 317 g/mol. The number of halogens is 1. The van der Waals surface area contributed by atoms with E-state index in [2.05, 4.69) is 5.32 Å². The SMILES string of the molecule is CC(=O)NCC1CN(c2ccn(-c3ccc(F)cc3)c2)C(=O)O1. The molecule has 2 heterocycles. The molecule has 23 heavy (non-hydrogen) atoms. The topological polar surface area (TPSA) is 63.6 Å². The Morgan fingerprint density at radius 3 is 2.74 bits per heavy atom. The zero-order valence-corrected chi connectivity index (χ0v) is 12.5. The van der Waals surface area contributed by atoms with Crippen LogP contribution in [-0.4, -0.2) is 35.8 Å². The minimum absolute atomic E-state index is 0.165. The highest BCUT2D eigenvalue weighted by Gasteiger charge is 2.32. The van der Waals surface area contributed by atoms with E-state index in [0.717, 1.165) is 5.69 Å². The van der Waals surface area contributed by atoms with E-state index < -0.39 is 6.09 Å². The monoisotopic (exact) mass is 317 g/mol. The zero-order chi connectivity index (χ0) is 16.4. The van der Waals surface area contributed by atoms with E-state index in [9.17, 15) is 14.0 Å². The van der Waals surface area contributed by atoms with Gasteiger partial charge in [-0.3, -0.25) is 9.69 Å². The Hall–Kier alpha value is -2.83. The fourth-order valence-corrected chi connectivity index (χ4v) is 2.41. The van der Waals surface area contributed by atoms with E-state index in [0.29, 0.717) is 12.2 Å². The summed E-state index contributed by atoms with van der Waals surface area (Å²) in [5.41, 5.74) is 1.48. The predicted molar refractivity (Wildman–Crippen MR) is 82.0 cm³/mol. The number of cyclic esters (lactones) is 1. The van der Waals surface area contributed by atoms with Crippen LogP contribution in [0.2, 0.25) is 0 Å². The Bertz CT molecular complexity index is 726. The zero-order valence-electron chi connectivity index (χ0n) is 12.5. The molecule has 0 spiro atoms. The van der Waals surface area contributed by atoms with Crippen LogP contribution in [0.25, 0.3) is 5.69 Å². The van der Waals surface area contributed by atoms with Gasteiger partial charge in [0.25, 0.3) is 0 Å². The molecule has 6 nitrogen and oxygen atoms in total. The van der Waals surface area contributed by atoms with Gasteiger partial charge in [-0.1, -0.05) is 0 Å². The molecule has 0 radical (unpaired) electrons. The minimum atomic E-state index is -0.447. The number of carbonyl (C=O) groups excluding carboxylic acids is 2. The van der Waals surface area contributed by atoms with Crippen LogP contribution < -0.4 is 10.2 Å². The first-order valence-electron chi connectivity index (χ1n) is 7.19. The summed E-state index contributed by atoms with van der Waals surface area (Å²) in [6, 6.07) is 7.85. The van der Waals surface area contributed by atoms with Gasteiger partial charge in [-0.15, -0.1) is 0 Å². The number of hydrogen-bond acceptors (Lipinski definition) is 3. The molecule has 1 aromatic heterocycles. The number of anilines is 1. The van der Waals surface area contributed by atoms with Gasteiger partial charge in [0.15, 0.2) is 0 Å². The van der Waals surface area contributed by atoms with Crippen LogP contribution >= 0.6 is 0 Å². The van der Waals surface area contributed by atoms with Crippen LogP contribution in [0.15, 0.2) is 42.7 Å². The van der Waals surface area contributed by atoms with Crippen molar-refractivity contribution in [3.8, 4) is 5.69 Å². The number of hydrogen-bond donors (Lipinski definition) is 1. The Morgan fingerprint density at radius 1 is 1.30 bits per heavy atom. The number of nitrogens with one attached hydrogen (secondary N) is 1. The minimum Gasteiger partial charge on any atom is -0.442 e. The van der Waals surface area contributed by atoms with E-state index in [1.54, 1.807) is 35.2 Å². The highest BCUT2D eigenvalue weighted by atomic mass is 19.1. The molecule has 0 bridgehead atoms. The lowest BCUT2D eigenvalue weighted by atomic mass is 10.3. The molecular weight excluding hydrogens is 301 g/mol. The first kappa shape index (κ1) is 15.1. The Kier molecular flexibility index (Phi) is 4.01. The van der Waals surface area contributed by atoms with Crippen LogP contribution in [0, 0.1) is 5.82 Å². The van der Waals surface area contributed by atoms with Gasteiger partial charge in [0, 0.05) is 25.0 Å². The lowest BCUT2D eigenvalue weighted by Gasteiger charge is -2.10. The summed E-state index contributed by atoms with van der Waals surface area (Å²) in [7, 11) is 0. The van der Waals surface area contributed by atoms with Gasteiger partial charge in [-0.2, -0.15) is 0 Å². The van der Waals surface area contributed by atoms with Gasteiger partial charge in [-0.25, -0.2) is 9.18 Å². The summed E-state index contributed by atoms with van der Waals surface area (Å²) in [5, 5.41) is 2.63. The van der Waals surface area contributed by atoms with Crippen LogP contribution in [-0.2, 0) is 9.53 Å². The normalized spacial score (nSPS) is 17.2. The van der Waals surface area contributed by atoms with Crippen molar-refractivity contribution >= 4 is 17.7 Å². The van der Waals surface area contributed by atoms with Crippen LogP contribution in [0.4, 0.5) is 14.9 Å². The largest absolute Gasteiger partial charge is 0.442 e. The van der Waals surface area contributed by atoms with Gasteiger partial charge in [-0.05, 0) is 30.3 Å². The van der Waals surface area contributed by atoms with Gasteiger partial charge in [0.05, 0.1) is 18.8 Å². The van der Waals surface area contributed by atoms with Crippen molar-refractivity contribution in [1.29, 1.82) is 0 Å². The highest BCUT2D eigenvalue weighted by molar-refractivity contribution is 5.89. The molecule has 2 amide bonds. The van der Waals surface area contributed by atoms with Gasteiger partial charge in [0.2, 0.25) is 5.91 Å². The third-order valence-corrected chi connectivity index (χ3v) is 3.57. The second-order valence-corrected chi connectivity index (χ2v) is 5.31.